The van der Waals surface area contributed by atoms with Crippen molar-refractivity contribution >= 4 is 0 Å². The van der Waals surface area contributed by atoms with Gasteiger partial charge in [0.05, 0.1) is 0 Å². The van der Waals surface area contributed by atoms with E-state index in [1.54, 1.807) is 7.11 Å². The third-order valence-electron chi connectivity index (χ3n) is 1.63. The van der Waals surface area contributed by atoms with Gasteiger partial charge in [0.25, 0.3) is 5.89 Å². The highest BCUT2D eigenvalue weighted by molar-refractivity contribution is 4.94. The van der Waals surface area contributed by atoms with E-state index >= 15 is 0 Å². The average molecular weight is 172 g/mol. The lowest BCUT2D eigenvalue weighted by molar-refractivity contribution is -0.00787. The SMILES string of the molecule is COC(C)(C)c1nc(CO)no1. The number of aliphatic hydroxyl groups is 1. The molecular weight excluding hydrogens is 160 g/mol. The number of aromatic nitrogens is 2. The van der Waals surface area contributed by atoms with E-state index in [2.05, 4.69) is 10.1 Å². The van der Waals surface area contributed by atoms with Crippen molar-refractivity contribution < 1.29 is 14.4 Å². The molecule has 0 unspecified atom stereocenters. The first-order valence-electron chi connectivity index (χ1n) is 3.59. The summed E-state index contributed by atoms with van der Waals surface area (Å²) >= 11 is 0. The van der Waals surface area contributed by atoms with E-state index in [1.165, 1.54) is 0 Å². The van der Waals surface area contributed by atoms with Crippen molar-refractivity contribution in [2.24, 2.45) is 0 Å². The molecule has 0 fully saturated rings. The van der Waals surface area contributed by atoms with Crippen molar-refractivity contribution in [1.82, 2.24) is 10.1 Å². The molecule has 0 bridgehead atoms. The minimum Gasteiger partial charge on any atom is -0.388 e. The third-order valence-corrected chi connectivity index (χ3v) is 1.63. The van der Waals surface area contributed by atoms with Gasteiger partial charge in [-0.1, -0.05) is 5.16 Å². The predicted molar refractivity (Wildman–Crippen MR) is 40.3 cm³/mol. The summed E-state index contributed by atoms with van der Waals surface area (Å²) in [6.45, 7) is 3.40. The first-order valence-corrected chi connectivity index (χ1v) is 3.59. The Morgan fingerprint density at radius 1 is 1.58 bits per heavy atom. The van der Waals surface area contributed by atoms with Crippen molar-refractivity contribution in [3.8, 4) is 0 Å². The first-order chi connectivity index (χ1) is 5.60. The van der Waals surface area contributed by atoms with Crippen LogP contribution in [0.4, 0.5) is 0 Å². The Morgan fingerprint density at radius 3 is 2.67 bits per heavy atom. The van der Waals surface area contributed by atoms with Crippen LogP contribution in [0.2, 0.25) is 0 Å². The fraction of sp³-hybridized carbons (Fsp3) is 0.714. The van der Waals surface area contributed by atoms with Gasteiger partial charge in [-0.25, -0.2) is 0 Å². The standard InChI is InChI=1S/C7H12N2O3/c1-7(2,11-3)6-8-5(4-10)9-12-6/h10H,4H2,1-3H3. The van der Waals surface area contributed by atoms with Crippen molar-refractivity contribution in [1.29, 1.82) is 0 Å². The molecule has 5 nitrogen and oxygen atoms in total. The number of nitrogens with zero attached hydrogens (tertiary/aromatic N) is 2. The molecule has 0 saturated heterocycles. The maximum Gasteiger partial charge on any atom is 0.258 e. The van der Waals surface area contributed by atoms with Crippen LogP contribution in [0.1, 0.15) is 25.6 Å². The van der Waals surface area contributed by atoms with Gasteiger partial charge in [-0.2, -0.15) is 4.98 Å². The van der Waals surface area contributed by atoms with Crippen LogP contribution in [-0.2, 0) is 16.9 Å². The van der Waals surface area contributed by atoms with E-state index in [4.69, 9.17) is 14.4 Å². The Bertz CT molecular complexity index is 257. The quantitative estimate of drug-likeness (QED) is 0.716. The molecule has 0 amide bonds. The number of rotatable bonds is 3. The van der Waals surface area contributed by atoms with Gasteiger partial charge in [-0.15, -0.1) is 0 Å². The summed E-state index contributed by atoms with van der Waals surface area (Å²) in [4.78, 5) is 3.92. The third kappa shape index (κ3) is 1.62. The summed E-state index contributed by atoms with van der Waals surface area (Å²) in [5, 5.41) is 12.2. The highest BCUT2D eigenvalue weighted by atomic mass is 16.5. The topological polar surface area (TPSA) is 68.4 Å². The minimum absolute atomic E-state index is 0.219. The Balaban J connectivity index is 2.88. The van der Waals surface area contributed by atoms with E-state index in [1.807, 2.05) is 13.8 Å². The molecule has 1 rings (SSSR count). The highest BCUT2D eigenvalue weighted by Crippen LogP contribution is 2.21. The fourth-order valence-corrected chi connectivity index (χ4v) is 0.650. The maximum atomic E-state index is 8.66. The van der Waals surface area contributed by atoms with Gasteiger partial charge in [0, 0.05) is 7.11 Å². The minimum atomic E-state index is -0.597. The van der Waals surface area contributed by atoms with E-state index in [9.17, 15) is 0 Å². The van der Waals surface area contributed by atoms with Gasteiger partial charge in [-0.3, -0.25) is 0 Å². The summed E-state index contributed by atoms with van der Waals surface area (Å²) < 4.78 is 9.97. The van der Waals surface area contributed by atoms with Crippen LogP contribution in [0.25, 0.3) is 0 Å². The second-order valence-electron chi connectivity index (χ2n) is 2.89. The molecule has 0 spiro atoms. The molecule has 68 valence electrons. The van der Waals surface area contributed by atoms with Gasteiger partial charge >= 0.3 is 0 Å². The summed E-state index contributed by atoms with van der Waals surface area (Å²) in [6, 6.07) is 0. The van der Waals surface area contributed by atoms with Crippen LogP contribution in [0.3, 0.4) is 0 Å². The lowest BCUT2D eigenvalue weighted by atomic mass is 10.1. The smallest absolute Gasteiger partial charge is 0.258 e. The van der Waals surface area contributed by atoms with E-state index in [0.717, 1.165) is 0 Å². The Kier molecular flexibility index (Phi) is 2.44. The Morgan fingerprint density at radius 2 is 2.25 bits per heavy atom. The van der Waals surface area contributed by atoms with E-state index in [-0.39, 0.29) is 12.4 Å². The zero-order valence-corrected chi connectivity index (χ0v) is 7.37. The van der Waals surface area contributed by atoms with Crippen LogP contribution < -0.4 is 0 Å². The molecule has 0 aliphatic heterocycles. The normalized spacial score (nSPS) is 12.0. The first kappa shape index (κ1) is 9.15. The number of aliphatic hydroxyl groups excluding tert-OH is 1. The largest absolute Gasteiger partial charge is 0.388 e. The van der Waals surface area contributed by atoms with E-state index < -0.39 is 5.60 Å². The maximum absolute atomic E-state index is 8.66. The lowest BCUT2D eigenvalue weighted by Gasteiger charge is -2.16. The molecule has 0 aliphatic carbocycles. The van der Waals surface area contributed by atoms with Gasteiger partial charge < -0.3 is 14.4 Å². The van der Waals surface area contributed by atoms with Gasteiger partial charge in [0.15, 0.2) is 5.82 Å². The summed E-state index contributed by atoms with van der Waals surface area (Å²) in [6.07, 6.45) is 0. The second-order valence-corrected chi connectivity index (χ2v) is 2.89. The van der Waals surface area contributed by atoms with Crippen molar-refractivity contribution in [3.63, 3.8) is 0 Å². The molecule has 1 N–H and O–H groups in total. The summed E-state index contributed by atoms with van der Waals surface area (Å²) in [7, 11) is 1.56. The van der Waals surface area contributed by atoms with Crippen LogP contribution in [0, 0.1) is 0 Å². The van der Waals surface area contributed by atoms with E-state index in [0.29, 0.717) is 5.89 Å². The molecule has 0 aliphatic rings. The molecular formula is C7H12N2O3. The van der Waals surface area contributed by atoms with Crippen LogP contribution in [0.5, 0.6) is 0 Å². The monoisotopic (exact) mass is 172 g/mol. The molecule has 5 heteroatoms. The Labute approximate surface area is 70.3 Å². The molecule has 0 saturated carbocycles. The number of ether oxygens (including phenoxy) is 1. The van der Waals surface area contributed by atoms with Gasteiger partial charge in [0.1, 0.15) is 12.2 Å². The number of methoxy groups -OCH3 is 1. The highest BCUT2D eigenvalue weighted by Gasteiger charge is 2.26. The zero-order valence-electron chi connectivity index (χ0n) is 7.37. The van der Waals surface area contributed by atoms with Crippen LogP contribution in [-0.4, -0.2) is 22.4 Å². The summed E-state index contributed by atoms with van der Waals surface area (Å²) in [5.74, 6) is 0.643. The molecule has 0 radical (unpaired) electrons. The van der Waals surface area contributed by atoms with Gasteiger partial charge in [0.2, 0.25) is 0 Å². The summed E-state index contributed by atoms with van der Waals surface area (Å²) in [5.41, 5.74) is -0.597. The molecule has 1 aromatic rings. The molecule has 1 heterocycles. The van der Waals surface area contributed by atoms with Crippen molar-refractivity contribution in [3.05, 3.63) is 11.7 Å². The molecule has 12 heavy (non-hydrogen) atoms. The zero-order chi connectivity index (χ0) is 9.19. The predicted octanol–water partition coefficient (Wildman–Crippen LogP) is 0.443. The van der Waals surface area contributed by atoms with Crippen molar-refractivity contribution in [2.45, 2.75) is 26.1 Å². The fourth-order valence-electron chi connectivity index (χ4n) is 0.650. The van der Waals surface area contributed by atoms with Crippen LogP contribution >= 0.6 is 0 Å². The van der Waals surface area contributed by atoms with Gasteiger partial charge in [-0.05, 0) is 13.8 Å². The average Bonchev–Trinajstić information content (AvgIpc) is 2.52. The Hall–Kier alpha value is -0.940. The molecule has 0 atom stereocenters. The molecule has 1 aromatic heterocycles. The lowest BCUT2D eigenvalue weighted by Crippen LogP contribution is -2.19. The molecule has 0 aromatic carbocycles. The number of hydrogen-bond donors (Lipinski definition) is 1. The van der Waals surface area contributed by atoms with Crippen molar-refractivity contribution in [2.75, 3.05) is 7.11 Å². The second kappa shape index (κ2) is 3.20. The number of hydrogen-bond acceptors (Lipinski definition) is 5. The van der Waals surface area contributed by atoms with Crippen LogP contribution in [0.15, 0.2) is 4.52 Å².